The molecule has 0 aliphatic heterocycles. The average molecular weight is 351 g/mol. The van der Waals surface area contributed by atoms with Crippen LogP contribution in [0.3, 0.4) is 0 Å². The zero-order chi connectivity index (χ0) is 14.9. The molecule has 2 aromatic carbocycles. The van der Waals surface area contributed by atoms with Gasteiger partial charge in [0.2, 0.25) is 0 Å². The van der Waals surface area contributed by atoms with E-state index in [0.717, 1.165) is 30.3 Å². The van der Waals surface area contributed by atoms with E-state index in [1.165, 1.54) is 12.1 Å². The molecular weight excluding hydrogens is 343 g/mol. The number of rotatable bonds is 2. The summed E-state index contributed by atoms with van der Waals surface area (Å²) in [5.74, 6) is -1.34. The summed E-state index contributed by atoms with van der Waals surface area (Å²) in [6, 6.07) is 7.31. The topological polar surface area (TPSA) is 0 Å². The summed E-state index contributed by atoms with van der Waals surface area (Å²) in [5.41, 5.74) is -0.690. The molecule has 0 amide bonds. The van der Waals surface area contributed by atoms with E-state index in [1.54, 1.807) is 0 Å². The quantitative estimate of drug-likeness (QED) is 0.497. The van der Waals surface area contributed by atoms with Crippen LogP contribution >= 0.6 is 15.9 Å². The molecule has 0 spiro atoms. The van der Waals surface area contributed by atoms with E-state index in [1.807, 2.05) is 0 Å². The van der Waals surface area contributed by atoms with Gasteiger partial charge >= 0.3 is 6.18 Å². The summed E-state index contributed by atoms with van der Waals surface area (Å²) >= 11 is 3.11. The minimum Gasteiger partial charge on any atom is -0.207 e. The summed E-state index contributed by atoms with van der Waals surface area (Å²) in [7, 11) is 0. The fraction of sp³-hybridized carbons (Fsp3) is 0.143. The summed E-state index contributed by atoms with van der Waals surface area (Å²) in [4.78, 5) is -0.861. The number of halogens is 6. The Morgan fingerprint density at radius 1 is 0.950 bits per heavy atom. The van der Waals surface area contributed by atoms with Gasteiger partial charge < -0.3 is 0 Å². The molecule has 0 aromatic heterocycles. The molecule has 0 aliphatic rings. The van der Waals surface area contributed by atoms with Crippen LogP contribution in [0, 0.1) is 11.6 Å². The van der Waals surface area contributed by atoms with Crippen LogP contribution in [0.4, 0.5) is 22.0 Å². The Morgan fingerprint density at radius 3 is 2.30 bits per heavy atom. The molecule has 0 radical (unpaired) electrons. The predicted molar refractivity (Wildman–Crippen MR) is 68.6 cm³/mol. The fourth-order valence-corrected chi connectivity index (χ4v) is 2.40. The molecule has 20 heavy (non-hydrogen) atoms. The van der Waals surface area contributed by atoms with Crippen molar-refractivity contribution < 1.29 is 22.0 Å². The van der Waals surface area contributed by atoms with E-state index in [9.17, 15) is 22.0 Å². The van der Waals surface area contributed by atoms with Crippen LogP contribution in [0.1, 0.15) is 21.5 Å². The minimum absolute atomic E-state index is 0.0516. The Balaban J connectivity index is 2.43. The third-order valence-corrected chi connectivity index (χ3v) is 3.76. The van der Waals surface area contributed by atoms with Crippen LogP contribution in [-0.4, -0.2) is 0 Å². The van der Waals surface area contributed by atoms with Gasteiger partial charge in [-0.3, -0.25) is 0 Å². The predicted octanol–water partition coefficient (Wildman–Crippen LogP) is 5.47. The maximum atomic E-state index is 13.6. The van der Waals surface area contributed by atoms with Gasteiger partial charge in [-0.2, -0.15) is 13.2 Å². The van der Waals surface area contributed by atoms with Gasteiger partial charge in [-0.1, -0.05) is 34.1 Å². The van der Waals surface area contributed by atoms with Crippen molar-refractivity contribution in [2.24, 2.45) is 0 Å². The number of benzene rings is 2. The molecule has 0 aliphatic carbocycles. The van der Waals surface area contributed by atoms with Gasteiger partial charge in [0, 0.05) is 5.56 Å². The summed E-state index contributed by atoms with van der Waals surface area (Å²) in [6.45, 7) is 0. The Morgan fingerprint density at radius 2 is 1.65 bits per heavy atom. The second-order valence-corrected chi connectivity index (χ2v) is 5.07. The maximum Gasteiger partial charge on any atom is 0.416 e. The summed E-state index contributed by atoms with van der Waals surface area (Å²) in [5, 5.41) is 0. The van der Waals surface area contributed by atoms with E-state index in [-0.39, 0.29) is 11.1 Å². The van der Waals surface area contributed by atoms with Crippen LogP contribution in [0.25, 0.3) is 0 Å². The van der Waals surface area contributed by atoms with Crippen LogP contribution in [-0.2, 0) is 6.18 Å². The molecule has 0 nitrogen and oxygen atoms in total. The normalized spacial score (nSPS) is 13.3. The first-order chi connectivity index (χ1) is 9.29. The summed E-state index contributed by atoms with van der Waals surface area (Å²) in [6.07, 6.45) is -4.48. The van der Waals surface area contributed by atoms with Gasteiger partial charge in [-0.05, 0) is 29.8 Å². The molecule has 1 atom stereocenters. The molecule has 0 saturated carbocycles. The van der Waals surface area contributed by atoms with Crippen molar-refractivity contribution in [2.75, 3.05) is 0 Å². The molecule has 0 heterocycles. The summed E-state index contributed by atoms with van der Waals surface area (Å²) < 4.78 is 64.6. The minimum atomic E-state index is -4.48. The number of alkyl halides is 4. The molecule has 6 heteroatoms. The van der Waals surface area contributed by atoms with E-state index < -0.39 is 28.2 Å². The van der Waals surface area contributed by atoms with Gasteiger partial charge in [-0.15, -0.1) is 0 Å². The molecule has 0 fully saturated rings. The average Bonchev–Trinajstić information content (AvgIpc) is 2.40. The van der Waals surface area contributed by atoms with Crippen molar-refractivity contribution in [1.29, 1.82) is 0 Å². The monoisotopic (exact) mass is 350 g/mol. The van der Waals surface area contributed by atoms with Crippen molar-refractivity contribution in [3.63, 3.8) is 0 Å². The van der Waals surface area contributed by atoms with Crippen molar-refractivity contribution >= 4 is 15.9 Å². The van der Waals surface area contributed by atoms with Gasteiger partial charge in [-0.25, -0.2) is 8.78 Å². The lowest BCUT2D eigenvalue weighted by Crippen LogP contribution is -2.06. The largest absolute Gasteiger partial charge is 0.416 e. The highest BCUT2D eigenvalue weighted by Gasteiger charge is 2.31. The second-order valence-electron chi connectivity index (χ2n) is 4.15. The Kier molecular flexibility index (Phi) is 4.13. The first kappa shape index (κ1) is 15.0. The Hall–Kier alpha value is -1.43. The van der Waals surface area contributed by atoms with Crippen molar-refractivity contribution in [3.8, 4) is 0 Å². The third-order valence-electron chi connectivity index (χ3n) is 2.74. The maximum absolute atomic E-state index is 13.6. The van der Waals surface area contributed by atoms with Crippen LogP contribution < -0.4 is 0 Å². The smallest absolute Gasteiger partial charge is 0.207 e. The lowest BCUT2D eigenvalue weighted by atomic mass is 10.0. The first-order valence-electron chi connectivity index (χ1n) is 5.55. The molecule has 2 rings (SSSR count). The van der Waals surface area contributed by atoms with Gasteiger partial charge in [0.05, 0.1) is 10.4 Å². The molecule has 1 unspecified atom stereocenters. The highest BCUT2D eigenvalue weighted by atomic mass is 79.9. The van der Waals surface area contributed by atoms with Crippen molar-refractivity contribution in [2.45, 2.75) is 11.0 Å². The molecule has 0 saturated heterocycles. The number of hydrogen-bond acceptors (Lipinski definition) is 0. The standard InChI is InChI=1S/C14H8BrF5/c15-13(11-7-10(16)4-5-12(11)17)8-2-1-3-9(6-8)14(18,19)20/h1-7,13H. The van der Waals surface area contributed by atoms with Gasteiger partial charge in [0.25, 0.3) is 0 Å². The second kappa shape index (κ2) is 5.52. The van der Waals surface area contributed by atoms with Crippen LogP contribution in [0.15, 0.2) is 42.5 Å². The van der Waals surface area contributed by atoms with Crippen molar-refractivity contribution in [1.82, 2.24) is 0 Å². The lowest BCUT2D eigenvalue weighted by Gasteiger charge is -2.14. The van der Waals surface area contributed by atoms with E-state index in [2.05, 4.69) is 15.9 Å². The van der Waals surface area contributed by atoms with E-state index in [4.69, 9.17) is 0 Å². The molecule has 0 bridgehead atoms. The zero-order valence-corrected chi connectivity index (χ0v) is 11.5. The SMILES string of the molecule is Fc1ccc(F)c(C(Br)c2cccc(C(F)(F)F)c2)c1. The lowest BCUT2D eigenvalue weighted by molar-refractivity contribution is -0.137. The highest BCUT2D eigenvalue weighted by Crippen LogP contribution is 2.36. The van der Waals surface area contributed by atoms with E-state index >= 15 is 0 Å². The first-order valence-corrected chi connectivity index (χ1v) is 6.47. The highest BCUT2D eigenvalue weighted by molar-refractivity contribution is 9.09. The molecule has 106 valence electrons. The molecule has 2 aromatic rings. The number of hydrogen-bond donors (Lipinski definition) is 0. The fourth-order valence-electron chi connectivity index (χ4n) is 1.76. The third kappa shape index (κ3) is 3.17. The van der Waals surface area contributed by atoms with Crippen LogP contribution in [0.2, 0.25) is 0 Å². The zero-order valence-electron chi connectivity index (χ0n) is 9.89. The van der Waals surface area contributed by atoms with Crippen molar-refractivity contribution in [3.05, 3.63) is 70.8 Å². The van der Waals surface area contributed by atoms with Crippen LogP contribution in [0.5, 0.6) is 0 Å². The van der Waals surface area contributed by atoms with Gasteiger partial charge in [0.1, 0.15) is 11.6 Å². The Labute approximate surface area is 120 Å². The van der Waals surface area contributed by atoms with E-state index in [0.29, 0.717) is 0 Å². The molecule has 0 N–H and O–H groups in total. The molecular formula is C14H8BrF5. The van der Waals surface area contributed by atoms with Gasteiger partial charge in [0.15, 0.2) is 0 Å². The Bertz CT molecular complexity index is 621.